The van der Waals surface area contributed by atoms with E-state index in [9.17, 15) is 13.6 Å². The fourth-order valence-corrected chi connectivity index (χ4v) is 6.55. The predicted octanol–water partition coefficient (Wildman–Crippen LogP) is 4.20. The van der Waals surface area contributed by atoms with Crippen LogP contribution in [-0.4, -0.2) is 33.6 Å². The highest BCUT2D eigenvalue weighted by Gasteiger charge is 2.69. The first-order chi connectivity index (χ1) is 13.9. The van der Waals surface area contributed by atoms with E-state index >= 15 is 0 Å². The lowest BCUT2D eigenvalue weighted by molar-refractivity contribution is -0.140. The van der Waals surface area contributed by atoms with Crippen molar-refractivity contribution in [2.75, 3.05) is 6.54 Å². The van der Waals surface area contributed by atoms with Crippen LogP contribution in [0.25, 0.3) is 11.3 Å². The molecule has 0 spiro atoms. The Morgan fingerprint density at radius 3 is 2.59 bits per heavy atom. The number of nitrogens with zero attached hydrogens (tertiary/aromatic N) is 3. The van der Waals surface area contributed by atoms with Gasteiger partial charge in [-0.15, -0.1) is 5.10 Å². The fourth-order valence-electron chi connectivity index (χ4n) is 6.55. The third-order valence-electron chi connectivity index (χ3n) is 8.25. The Morgan fingerprint density at radius 2 is 1.93 bits per heavy atom. The number of aromatic nitrogens is 2. The molecule has 3 aliphatic carbocycles. The second-order valence-electron chi connectivity index (χ2n) is 9.70. The van der Waals surface area contributed by atoms with E-state index in [4.69, 9.17) is 0 Å². The maximum Gasteiger partial charge on any atom is 0.235 e. The number of likely N-dealkylation sites (tertiary alicyclic amines) is 1. The summed E-state index contributed by atoms with van der Waals surface area (Å²) < 4.78 is 28.6. The number of hydrogen-bond donors (Lipinski definition) is 0. The highest BCUT2D eigenvalue weighted by molar-refractivity contribution is 5.92. The van der Waals surface area contributed by atoms with Crippen molar-refractivity contribution >= 4 is 5.91 Å². The minimum Gasteiger partial charge on any atom is -0.339 e. The number of rotatable bonds is 2. The van der Waals surface area contributed by atoms with Gasteiger partial charge in [-0.05, 0) is 66.7 Å². The molecule has 0 N–H and O–H groups in total. The highest BCUT2D eigenvalue weighted by Crippen LogP contribution is 2.68. The molecule has 2 saturated carbocycles. The van der Waals surface area contributed by atoms with E-state index in [1.807, 2.05) is 0 Å². The lowest BCUT2D eigenvalue weighted by atomic mass is 9.67. The van der Waals surface area contributed by atoms with Crippen LogP contribution in [0.4, 0.5) is 8.78 Å². The quantitative estimate of drug-likeness (QED) is 0.766. The van der Waals surface area contributed by atoms with Crippen molar-refractivity contribution in [2.24, 2.45) is 11.3 Å². The molecule has 4 atom stereocenters. The summed E-state index contributed by atoms with van der Waals surface area (Å²) in [6, 6.07) is 5.97. The Kier molecular flexibility index (Phi) is 3.26. The monoisotopic (exact) mass is 395 g/mol. The van der Waals surface area contributed by atoms with E-state index in [0.29, 0.717) is 12.0 Å². The molecule has 2 bridgehead atoms. The minimum atomic E-state index is -0.677. The zero-order chi connectivity index (χ0) is 20.1. The van der Waals surface area contributed by atoms with Crippen LogP contribution < -0.4 is 0 Å². The molecule has 1 aromatic heterocycles. The largest absolute Gasteiger partial charge is 0.339 e. The third-order valence-corrected chi connectivity index (χ3v) is 8.25. The van der Waals surface area contributed by atoms with E-state index < -0.39 is 17.0 Å². The molecular weight excluding hydrogens is 372 g/mol. The van der Waals surface area contributed by atoms with Crippen molar-refractivity contribution in [3.63, 3.8) is 0 Å². The maximum atomic E-state index is 14.3. The smallest absolute Gasteiger partial charge is 0.235 e. The summed E-state index contributed by atoms with van der Waals surface area (Å²) in [5, 5.41) is 8.68. The first-order valence-electron chi connectivity index (χ1n) is 10.5. The number of carbonyl (C=O) groups is 1. The van der Waals surface area contributed by atoms with Crippen LogP contribution in [0.1, 0.15) is 56.7 Å². The van der Waals surface area contributed by atoms with Crippen molar-refractivity contribution in [2.45, 2.75) is 56.9 Å². The maximum absolute atomic E-state index is 14.3. The summed E-state index contributed by atoms with van der Waals surface area (Å²) in [7, 11) is 0. The van der Waals surface area contributed by atoms with Gasteiger partial charge in [0, 0.05) is 12.6 Å². The first kappa shape index (κ1) is 17.5. The van der Waals surface area contributed by atoms with E-state index in [1.165, 1.54) is 18.2 Å². The standard InChI is InChI=1S/C23H23F2N3O/c1-22(2)14-6-8-23(22,21(29)28-9-7-12-10-18(12)28)20-13(14)11-17(26-27-20)19-15(24)4-3-5-16(19)25/h3-5,11-12,14,18H,6-10H2,1-2H3/t12?,14-,18?,23+/m1/s1. The Bertz CT molecular complexity index is 1050. The van der Waals surface area contributed by atoms with Crippen molar-refractivity contribution in [3.8, 4) is 11.3 Å². The van der Waals surface area contributed by atoms with E-state index in [2.05, 4.69) is 28.9 Å². The van der Waals surface area contributed by atoms with Crippen LogP contribution in [-0.2, 0) is 10.2 Å². The predicted molar refractivity (Wildman–Crippen MR) is 103 cm³/mol. The van der Waals surface area contributed by atoms with Gasteiger partial charge < -0.3 is 4.90 Å². The van der Waals surface area contributed by atoms with Gasteiger partial charge >= 0.3 is 0 Å². The molecule has 29 heavy (non-hydrogen) atoms. The molecule has 1 saturated heterocycles. The molecule has 1 aromatic carbocycles. The summed E-state index contributed by atoms with van der Waals surface area (Å²) in [6.07, 6.45) is 3.88. The molecule has 1 amide bonds. The van der Waals surface area contributed by atoms with Crippen LogP contribution in [0, 0.1) is 23.0 Å². The van der Waals surface area contributed by atoms with E-state index in [-0.39, 0.29) is 28.5 Å². The highest BCUT2D eigenvalue weighted by atomic mass is 19.1. The molecular formula is C23H23F2N3O. The van der Waals surface area contributed by atoms with Crippen molar-refractivity contribution < 1.29 is 13.6 Å². The van der Waals surface area contributed by atoms with Gasteiger partial charge in [-0.3, -0.25) is 4.79 Å². The van der Waals surface area contributed by atoms with E-state index in [0.717, 1.165) is 43.5 Å². The van der Waals surface area contributed by atoms with Crippen molar-refractivity contribution in [3.05, 3.63) is 47.2 Å². The van der Waals surface area contributed by atoms with Crippen molar-refractivity contribution in [1.82, 2.24) is 15.1 Å². The molecule has 150 valence electrons. The molecule has 1 aliphatic heterocycles. The molecule has 6 rings (SSSR count). The van der Waals surface area contributed by atoms with Gasteiger partial charge in [-0.2, -0.15) is 5.10 Å². The van der Waals surface area contributed by atoms with Gasteiger partial charge in [0.2, 0.25) is 5.91 Å². The zero-order valence-electron chi connectivity index (χ0n) is 16.6. The summed E-state index contributed by atoms with van der Waals surface area (Å²) in [5.41, 5.74) is 0.754. The third kappa shape index (κ3) is 2.00. The van der Waals surface area contributed by atoms with Gasteiger partial charge in [0.15, 0.2) is 0 Å². The van der Waals surface area contributed by atoms with Crippen LogP contribution >= 0.6 is 0 Å². The lowest BCUT2D eigenvalue weighted by Gasteiger charge is -2.39. The molecule has 2 unspecified atom stereocenters. The summed E-state index contributed by atoms with van der Waals surface area (Å²) >= 11 is 0. The van der Waals surface area contributed by atoms with Crippen LogP contribution in [0.2, 0.25) is 0 Å². The van der Waals surface area contributed by atoms with Gasteiger partial charge in [0.1, 0.15) is 11.6 Å². The second kappa shape index (κ2) is 5.41. The SMILES string of the molecule is CC1(C)[C@@H]2CC[C@@]1(C(=O)N1CCC3CC31)c1nnc(-c3c(F)cccc3F)cc12. The van der Waals surface area contributed by atoms with E-state index in [1.54, 1.807) is 6.07 Å². The number of amides is 1. The van der Waals surface area contributed by atoms with Gasteiger partial charge in [-0.25, -0.2) is 8.78 Å². The molecule has 2 aromatic rings. The first-order valence-corrected chi connectivity index (χ1v) is 10.5. The molecule has 2 heterocycles. The average Bonchev–Trinajstić information content (AvgIpc) is 3.19. The fraction of sp³-hybridized carbons (Fsp3) is 0.522. The topological polar surface area (TPSA) is 46.1 Å². The van der Waals surface area contributed by atoms with Crippen LogP contribution in [0.15, 0.2) is 24.3 Å². The molecule has 4 nitrogen and oxygen atoms in total. The molecule has 6 heteroatoms. The Hall–Kier alpha value is -2.37. The van der Waals surface area contributed by atoms with Crippen molar-refractivity contribution in [1.29, 1.82) is 0 Å². The number of fused-ring (bicyclic) bond motifs is 6. The minimum absolute atomic E-state index is 0.142. The normalized spacial score (nSPS) is 33.0. The molecule has 0 radical (unpaired) electrons. The Labute approximate surface area is 168 Å². The number of piperidine rings is 1. The zero-order valence-corrected chi connectivity index (χ0v) is 16.6. The Balaban J connectivity index is 1.49. The molecule has 3 fully saturated rings. The van der Waals surface area contributed by atoms with Gasteiger partial charge in [0.05, 0.1) is 22.4 Å². The number of hydrogen-bond acceptors (Lipinski definition) is 3. The van der Waals surface area contributed by atoms with Crippen LogP contribution in [0.5, 0.6) is 0 Å². The number of benzene rings is 1. The average molecular weight is 395 g/mol. The summed E-state index contributed by atoms with van der Waals surface area (Å²) in [5.74, 6) is -0.293. The number of halogens is 2. The number of carbonyl (C=O) groups excluding carboxylic acids is 1. The van der Waals surface area contributed by atoms with Gasteiger partial charge in [0.25, 0.3) is 0 Å². The second-order valence-corrected chi connectivity index (χ2v) is 9.70. The lowest BCUT2D eigenvalue weighted by Crippen LogP contribution is -2.51. The Morgan fingerprint density at radius 1 is 1.17 bits per heavy atom. The summed E-state index contributed by atoms with van der Waals surface area (Å²) in [6.45, 7) is 5.13. The van der Waals surface area contributed by atoms with Crippen LogP contribution in [0.3, 0.4) is 0 Å². The van der Waals surface area contributed by atoms with Gasteiger partial charge in [-0.1, -0.05) is 19.9 Å². The molecule has 4 aliphatic rings. The summed E-state index contributed by atoms with van der Waals surface area (Å²) in [4.78, 5) is 15.9.